The van der Waals surface area contributed by atoms with Gasteiger partial charge in [0.05, 0.1) is 12.7 Å². The minimum absolute atomic E-state index is 0.130. The summed E-state index contributed by atoms with van der Waals surface area (Å²) in [5.41, 5.74) is 7.82. The average Bonchev–Trinajstić information content (AvgIpc) is 2.58. The topological polar surface area (TPSA) is 53.7 Å². The van der Waals surface area contributed by atoms with E-state index in [1.165, 1.54) is 5.56 Å². The molecule has 0 unspecified atom stereocenters. The molecule has 0 radical (unpaired) electrons. The Morgan fingerprint density at radius 1 is 0.960 bits per heavy atom. The molecule has 0 aliphatic rings. The Morgan fingerprint density at radius 2 is 1.56 bits per heavy atom. The van der Waals surface area contributed by atoms with Crippen molar-refractivity contribution in [3.63, 3.8) is 0 Å². The van der Waals surface area contributed by atoms with E-state index in [0.29, 0.717) is 30.3 Å². The molecule has 0 saturated carbocycles. The quantitative estimate of drug-likeness (QED) is 0.596. The van der Waals surface area contributed by atoms with Gasteiger partial charge in [0.15, 0.2) is 0 Å². The molecular weight excluding hydrogens is 334 g/mol. The van der Waals surface area contributed by atoms with Crippen LogP contribution < -0.4 is 19.9 Å². The monoisotopic (exact) mass is 359 g/mol. The molecule has 2 rings (SSSR count). The maximum atomic E-state index is 5.77. The average molecular weight is 359 g/mol. The molecule has 5 heteroatoms. The molecule has 0 aromatic heterocycles. The molecule has 0 aliphatic carbocycles. The van der Waals surface area contributed by atoms with E-state index in [1.807, 2.05) is 12.1 Å². The van der Waals surface area contributed by atoms with E-state index in [9.17, 15) is 0 Å². The Kier molecular flexibility index (Phi) is 6.26. The molecule has 0 heterocycles. The Balaban J connectivity index is 1.92. The summed E-state index contributed by atoms with van der Waals surface area (Å²) in [5.74, 6) is 2.10. The Hall–Kier alpha value is -2.27. The number of nitrogens with two attached hydrogens (primary N) is 1. The van der Waals surface area contributed by atoms with Crippen molar-refractivity contribution in [2.45, 2.75) is 26.2 Å². The molecule has 4 nitrogen and oxygen atoms in total. The lowest BCUT2D eigenvalue weighted by atomic mass is 9.87. The molecule has 2 N–H and O–H groups in total. The van der Waals surface area contributed by atoms with Gasteiger partial charge in [-0.1, -0.05) is 45.1 Å². The van der Waals surface area contributed by atoms with Crippen molar-refractivity contribution in [3.8, 4) is 17.2 Å². The molecule has 0 amide bonds. The van der Waals surface area contributed by atoms with Crippen LogP contribution in [0.1, 0.15) is 31.9 Å². The van der Waals surface area contributed by atoms with Crippen molar-refractivity contribution in [2.24, 2.45) is 5.73 Å². The minimum atomic E-state index is 0.130. The first-order chi connectivity index (χ1) is 11.8. The Bertz CT molecular complexity index is 721. The van der Waals surface area contributed by atoms with Crippen molar-refractivity contribution < 1.29 is 14.2 Å². The van der Waals surface area contributed by atoms with Crippen molar-refractivity contribution >= 4 is 17.2 Å². The van der Waals surface area contributed by atoms with Crippen LogP contribution in [0.2, 0.25) is 0 Å². The summed E-state index contributed by atoms with van der Waals surface area (Å²) in [6, 6.07) is 13.5. The predicted octanol–water partition coefficient (Wildman–Crippen LogP) is 4.08. The highest BCUT2D eigenvalue weighted by atomic mass is 32.1. The van der Waals surface area contributed by atoms with E-state index >= 15 is 0 Å². The summed E-state index contributed by atoms with van der Waals surface area (Å²) in [7, 11) is 1.60. The molecule has 0 saturated heterocycles. The van der Waals surface area contributed by atoms with Crippen LogP contribution in [0.15, 0.2) is 42.5 Å². The van der Waals surface area contributed by atoms with Gasteiger partial charge in [-0.05, 0) is 35.2 Å². The maximum Gasteiger partial charge on any atom is 0.133 e. The van der Waals surface area contributed by atoms with E-state index in [1.54, 1.807) is 25.3 Å². The number of methoxy groups -OCH3 is 1. The number of hydrogen-bond donors (Lipinski definition) is 1. The summed E-state index contributed by atoms with van der Waals surface area (Å²) in [4.78, 5) is 0.288. The van der Waals surface area contributed by atoms with Gasteiger partial charge in [0.2, 0.25) is 0 Å². The summed E-state index contributed by atoms with van der Waals surface area (Å²) >= 11 is 5.05. The molecule has 0 fully saturated rings. The van der Waals surface area contributed by atoms with E-state index in [-0.39, 0.29) is 10.4 Å². The predicted molar refractivity (Wildman–Crippen MR) is 105 cm³/mol. The van der Waals surface area contributed by atoms with E-state index in [0.717, 1.165) is 5.75 Å². The lowest BCUT2D eigenvalue weighted by molar-refractivity contribution is 0.216. The Morgan fingerprint density at radius 3 is 2.12 bits per heavy atom. The normalized spacial score (nSPS) is 11.0. The van der Waals surface area contributed by atoms with E-state index in [2.05, 4.69) is 32.9 Å². The smallest absolute Gasteiger partial charge is 0.133 e. The summed E-state index contributed by atoms with van der Waals surface area (Å²) in [6.45, 7) is 7.35. The third-order valence-corrected chi connectivity index (χ3v) is 4.00. The fourth-order valence-electron chi connectivity index (χ4n) is 2.31. The number of benzene rings is 2. The van der Waals surface area contributed by atoms with Crippen LogP contribution in [0.4, 0.5) is 0 Å². The minimum Gasteiger partial charge on any atom is -0.497 e. The largest absolute Gasteiger partial charge is 0.497 e. The van der Waals surface area contributed by atoms with Crippen LogP contribution in [0.5, 0.6) is 17.2 Å². The van der Waals surface area contributed by atoms with Crippen LogP contribution in [-0.2, 0) is 5.41 Å². The van der Waals surface area contributed by atoms with Crippen molar-refractivity contribution in [1.82, 2.24) is 0 Å². The molecule has 0 atom stereocenters. The van der Waals surface area contributed by atoms with Crippen molar-refractivity contribution in [2.75, 3.05) is 20.3 Å². The van der Waals surface area contributed by atoms with Gasteiger partial charge in [0.1, 0.15) is 35.5 Å². The van der Waals surface area contributed by atoms with Crippen LogP contribution in [0.3, 0.4) is 0 Å². The van der Waals surface area contributed by atoms with E-state index in [4.69, 9.17) is 32.2 Å². The molecular formula is C20H25NO3S. The second kappa shape index (κ2) is 8.21. The van der Waals surface area contributed by atoms with Crippen LogP contribution in [0, 0.1) is 0 Å². The van der Waals surface area contributed by atoms with Gasteiger partial charge < -0.3 is 19.9 Å². The second-order valence-corrected chi connectivity index (χ2v) is 7.14. The highest BCUT2D eigenvalue weighted by molar-refractivity contribution is 7.80. The highest BCUT2D eigenvalue weighted by Crippen LogP contribution is 2.26. The zero-order valence-electron chi connectivity index (χ0n) is 15.2. The molecule has 134 valence electrons. The molecule has 0 aliphatic heterocycles. The molecule has 25 heavy (non-hydrogen) atoms. The van der Waals surface area contributed by atoms with Gasteiger partial charge >= 0.3 is 0 Å². The van der Waals surface area contributed by atoms with Crippen LogP contribution >= 0.6 is 12.2 Å². The van der Waals surface area contributed by atoms with Crippen LogP contribution in [0.25, 0.3) is 0 Å². The first-order valence-electron chi connectivity index (χ1n) is 8.15. The summed E-state index contributed by atoms with van der Waals surface area (Å²) in [5, 5.41) is 0. The second-order valence-electron chi connectivity index (χ2n) is 6.70. The van der Waals surface area contributed by atoms with Crippen molar-refractivity contribution in [3.05, 3.63) is 53.6 Å². The fraction of sp³-hybridized carbons (Fsp3) is 0.350. The van der Waals surface area contributed by atoms with E-state index < -0.39 is 0 Å². The molecule has 2 aromatic carbocycles. The lowest BCUT2D eigenvalue weighted by Gasteiger charge is -2.19. The molecule has 0 bridgehead atoms. The van der Waals surface area contributed by atoms with Gasteiger partial charge in [0, 0.05) is 6.07 Å². The zero-order valence-corrected chi connectivity index (χ0v) is 16.0. The van der Waals surface area contributed by atoms with Gasteiger partial charge in [0.25, 0.3) is 0 Å². The molecule has 0 spiro atoms. The standard InChI is InChI=1S/C20H25NO3S/c1-20(2,3)14-5-7-15(8-6-14)23-11-12-24-18-13-16(22-4)9-10-17(18)19(21)25/h5-10,13H,11-12H2,1-4H3,(H2,21,25). The number of ether oxygens (including phenoxy) is 3. The van der Waals surface area contributed by atoms with Gasteiger partial charge in [-0.3, -0.25) is 0 Å². The first-order valence-corrected chi connectivity index (χ1v) is 8.56. The fourth-order valence-corrected chi connectivity index (χ4v) is 2.48. The van der Waals surface area contributed by atoms with Crippen LogP contribution in [-0.4, -0.2) is 25.3 Å². The third-order valence-electron chi connectivity index (χ3n) is 3.78. The Labute approximate surface area is 154 Å². The summed E-state index contributed by atoms with van der Waals surface area (Å²) < 4.78 is 16.7. The van der Waals surface area contributed by atoms with Gasteiger partial charge in [-0.2, -0.15) is 0 Å². The van der Waals surface area contributed by atoms with Gasteiger partial charge in [-0.15, -0.1) is 0 Å². The number of thiocarbonyl (C=S) groups is 1. The number of hydrogen-bond acceptors (Lipinski definition) is 4. The van der Waals surface area contributed by atoms with Gasteiger partial charge in [-0.25, -0.2) is 0 Å². The van der Waals surface area contributed by atoms with Crippen molar-refractivity contribution in [1.29, 1.82) is 0 Å². The summed E-state index contributed by atoms with van der Waals surface area (Å²) in [6.07, 6.45) is 0. The first kappa shape index (κ1) is 19.1. The maximum absolute atomic E-state index is 5.77. The molecule has 2 aromatic rings. The lowest BCUT2D eigenvalue weighted by Crippen LogP contribution is -2.15. The highest BCUT2D eigenvalue weighted by Gasteiger charge is 2.13. The SMILES string of the molecule is COc1ccc(C(N)=S)c(OCCOc2ccc(C(C)(C)C)cc2)c1. The zero-order chi connectivity index (χ0) is 18.4. The third kappa shape index (κ3) is 5.36. The number of rotatable bonds is 7.